The van der Waals surface area contributed by atoms with Crippen molar-refractivity contribution in [3.05, 3.63) is 23.3 Å². The van der Waals surface area contributed by atoms with E-state index in [1.165, 1.54) is 12.8 Å². The molecule has 1 saturated carbocycles. The number of hydrogen-bond donors (Lipinski definition) is 0. The molecule has 8 nitrogen and oxygen atoms in total. The second-order valence-corrected chi connectivity index (χ2v) is 11.4. The third-order valence-corrected chi connectivity index (χ3v) is 8.87. The minimum atomic E-state index is -1.30. The molecule has 1 atom stereocenters. The van der Waals surface area contributed by atoms with Crippen LogP contribution in [0.3, 0.4) is 0 Å². The molecule has 1 amide bonds. The molecule has 0 spiro atoms. The lowest BCUT2D eigenvalue weighted by atomic mass is 9.78. The predicted octanol–water partition coefficient (Wildman–Crippen LogP) is 1.77. The molecule has 1 aromatic rings. The van der Waals surface area contributed by atoms with Gasteiger partial charge >= 0.3 is 0 Å². The Labute approximate surface area is 207 Å². The van der Waals surface area contributed by atoms with Crippen LogP contribution in [0.1, 0.15) is 24.0 Å². The smallest absolute Gasteiger partial charge is 0.248 e. The van der Waals surface area contributed by atoms with Crippen LogP contribution in [-0.4, -0.2) is 116 Å². The maximum absolute atomic E-state index is 13.0. The van der Waals surface area contributed by atoms with E-state index in [1.54, 1.807) is 16.3 Å². The van der Waals surface area contributed by atoms with Crippen LogP contribution in [-0.2, 0) is 20.5 Å². The average molecular weight is 495 g/mol. The van der Waals surface area contributed by atoms with E-state index in [1.807, 2.05) is 40.1 Å². The molecule has 3 rings (SSSR count). The molecule has 0 aromatic heterocycles. The molecule has 1 saturated heterocycles. The van der Waals surface area contributed by atoms with E-state index in [2.05, 4.69) is 16.8 Å². The summed E-state index contributed by atoms with van der Waals surface area (Å²) in [5, 5.41) is 0. The highest BCUT2D eigenvalue weighted by molar-refractivity contribution is 7.82. The van der Waals surface area contributed by atoms with Gasteiger partial charge in [-0.1, -0.05) is 0 Å². The van der Waals surface area contributed by atoms with E-state index in [-0.39, 0.29) is 12.5 Å². The van der Waals surface area contributed by atoms with E-state index in [4.69, 9.17) is 9.47 Å². The lowest BCUT2D eigenvalue weighted by Gasteiger charge is -2.46. The largest absolute Gasteiger partial charge is 0.497 e. The zero-order valence-electron chi connectivity index (χ0n) is 21.7. The monoisotopic (exact) mass is 494 g/mol. The number of piperazine rings is 1. The fourth-order valence-electron chi connectivity index (χ4n) is 4.83. The molecule has 0 N–H and O–H groups in total. The number of carbonyl (C=O) groups excluding carboxylic acids is 1. The van der Waals surface area contributed by atoms with Crippen LogP contribution in [0.2, 0.25) is 0 Å². The van der Waals surface area contributed by atoms with Crippen LogP contribution < -0.4 is 4.74 Å². The maximum Gasteiger partial charge on any atom is 0.248 e. The molecular weight excluding hydrogens is 452 g/mol. The summed E-state index contributed by atoms with van der Waals surface area (Å²) >= 11 is 0. The van der Waals surface area contributed by atoms with Gasteiger partial charge in [0.1, 0.15) is 23.3 Å². The summed E-state index contributed by atoms with van der Waals surface area (Å²) in [5.41, 5.74) is 1.87. The molecule has 1 unspecified atom stereocenters. The Kier molecular flexibility index (Phi) is 9.91. The number of benzene rings is 1. The summed E-state index contributed by atoms with van der Waals surface area (Å²) in [6.07, 6.45) is 2.37. The summed E-state index contributed by atoms with van der Waals surface area (Å²) in [6.45, 7) is 10.2. The lowest BCUT2D eigenvalue weighted by Crippen LogP contribution is -2.54. The molecule has 1 aliphatic carbocycles. The van der Waals surface area contributed by atoms with Crippen LogP contribution in [0.5, 0.6) is 5.75 Å². The second kappa shape index (κ2) is 12.4. The summed E-state index contributed by atoms with van der Waals surface area (Å²) in [6, 6.07) is 4.48. The van der Waals surface area contributed by atoms with Gasteiger partial charge in [-0.05, 0) is 62.9 Å². The number of amides is 1. The van der Waals surface area contributed by atoms with Crippen molar-refractivity contribution in [2.45, 2.75) is 37.6 Å². The Bertz CT molecular complexity index is 830. The van der Waals surface area contributed by atoms with Crippen molar-refractivity contribution in [1.29, 1.82) is 0 Å². The third kappa shape index (κ3) is 7.01. The molecule has 34 heavy (non-hydrogen) atoms. The van der Waals surface area contributed by atoms with E-state index in [9.17, 15) is 9.00 Å². The molecule has 192 valence electrons. The molecule has 1 heterocycles. The van der Waals surface area contributed by atoms with Gasteiger partial charge in [-0.2, -0.15) is 0 Å². The Morgan fingerprint density at radius 2 is 1.74 bits per heavy atom. The summed E-state index contributed by atoms with van der Waals surface area (Å²) in [4.78, 5) is 20.1. The van der Waals surface area contributed by atoms with Crippen molar-refractivity contribution in [3.63, 3.8) is 0 Å². The standard InChI is InChI=1S/C25H42N4O4S/c1-19-13-23(32-6)14-20(2)25(19)34(31)28(5)11-12-33-18-24(30)27(4)17-21-15-22(16-21)29-9-7-26(3)8-10-29/h13-14,21-22H,7-12,15-18H2,1-6H3. The molecule has 0 bridgehead atoms. The summed E-state index contributed by atoms with van der Waals surface area (Å²) in [7, 11) is 6.19. The van der Waals surface area contributed by atoms with Gasteiger partial charge in [-0.3, -0.25) is 9.69 Å². The van der Waals surface area contributed by atoms with Gasteiger partial charge in [0.2, 0.25) is 5.91 Å². The van der Waals surface area contributed by atoms with E-state index < -0.39 is 11.0 Å². The summed E-state index contributed by atoms with van der Waals surface area (Å²) < 4.78 is 25.7. The maximum atomic E-state index is 13.0. The Balaban J connectivity index is 1.33. The van der Waals surface area contributed by atoms with Gasteiger partial charge in [0.05, 0.1) is 18.6 Å². The van der Waals surface area contributed by atoms with E-state index >= 15 is 0 Å². The first-order valence-electron chi connectivity index (χ1n) is 12.2. The van der Waals surface area contributed by atoms with Crippen molar-refractivity contribution >= 4 is 16.9 Å². The first-order valence-corrected chi connectivity index (χ1v) is 13.3. The number of likely N-dealkylation sites (N-methyl/N-ethyl adjacent to an activating group) is 3. The molecule has 2 fully saturated rings. The number of methoxy groups -OCH3 is 1. The number of ether oxygens (including phenoxy) is 2. The molecular formula is C25H42N4O4S. The first kappa shape index (κ1) is 27.1. The molecule has 1 aliphatic heterocycles. The zero-order chi connectivity index (χ0) is 24.8. The number of rotatable bonds is 11. The minimum absolute atomic E-state index is 0.00802. The van der Waals surface area contributed by atoms with Crippen LogP contribution in [0, 0.1) is 19.8 Å². The SMILES string of the molecule is COc1cc(C)c(S(=O)N(C)CCOCC(=O)N(C)CC2CC(N3CCN(C)CC3)C2)c(C)c1. The average Bonchev–Trinajstić information content (AvgIpc) is 2.78. The topological polar surface area (TPSA) is 65.6 Å². The van der Waals surface area contributed by atoms with Crippen LogP contribution in [0.4, 0.5) is 0 Å². The number of nitrogens with zero attached hydrogens (tertiary/aromatic N) is 4. The fourth-order valence-corrected chi connectivity index (χ4v) is 6.05. The minimum Gasteiger partial charge on any atom is -0.497 e. The van der Waals surface area contributed by atoms with Crippen LogP contribution in [0.15, 0.2) is 17.0 Å². The third-order valence-electron chi connectivity index (χ3n) is 7.13. The predicted molar refractivity (Wildman–Crippen MR) is 136 cm³/mol. The van der Waals surface area contributed by atoms with Gasteiger partial charge in [-0.25, -0.2) is 8.51 Å². The second-order valence-electron chi connectivity index (χ2n) is 9.85. The normalized spacial score (nSPS) is 22.4. The van der Waals surface area contributed by atoms with Gasteiger partial charge in [0.25, 0.3) is 0 Å². The van der Waals surface area contributed by atoms with Gasteiger partial charge < -0.3 is 19.3 Å². The molecule has 2 aliphatic rings. The van der Waals surface area contributed by atoms with Gasteiger partial charge in [-0.15, -0.1) is 0 Å². The van der Waals surface area contributed by atoms with Crippen molar-refractivity contribution in [2.75, 3.05) is 80.7 Å². The number of hydrogen-bond acceptors (Lipinski definition) is 6. The first-order chi connectivity index (χ1) is 16.2. The fraction of sp³-hybridized carbons (Fsp3) is 0.720. The Morgan fingerprint density at radius 1 is 1.12 bits per heavy atom. The van der Waals surface area contributed by atoms with Crippen LogP contribution >= 0.6 is 0 Å². The molecule has 9 heteroatoms. The highest BCUT2D eigenvalue weighted by Crippen LogP contribution is 2.32. The Hall–Kier alpha value is -1.52. The van der Waals surface area contributed by atoms with Crippen molar-refractivity contribution < 1.29 is 18.5 Å². The van der Waals surface area contributed by atoms with Gasteiger partial charge in [0, 0.05) is 59.4 Å². The molecule has 0 radical (unpaired) electrons. The van der Waals surface area contributed by atoms with Crippen molar-refractivity contribution in [1.82, 2.24) is 19.0 Å². The van der Waals surface area contributed by atoms with Crippen molar-refractivity contribution in [3.8, 4) is 5.75 Å². The number of aryl methyl sites for hydroxylation is 2. The molecule has 1 aromatic carbocycles. The van der Waals surface area contributed by atoms with Gasteiger partial charge in [0.15, 0.2) is 0 Å². The van der Waals surface area contributed by atoms with Crippen molar-refractivity contribution in [2.24, 2.45) is 5.92 Å². The highest BCUT2D eigenvalue weighted by atomic mass is 32.2. The van der Waals surface area contributed by atoms with Crippen LogP contribution in [0.25, 0.3) is 0 Å². The quantitative estimate of drug-likeness (QED) is 0.437. The lowest BCUT2D eigenvalue weighted by molar-refractivity contribution is -0.136. The Morgan fingerprint density at radius 3 is 2.32 bits per heavy atom. The number of carbonyl (C=O) groups is 1. The highest BCUT2D eigenvalue weighted by Gasteiger charge is 2.35. The zero-order valence-corrected chi connectivity index (χ0v) is 22.5. The van der Waals surface area contributed by atoms with E-state index in [0.29, 0.717) is 25.1 Å². The van der Waals surface area contributed by atoms with E-state index in [0.717, 1.165) is 54.5 Å². The summed E-state index contributed by atoms with van der Waals surface area (Å²) in [5.74, 6) is 1.36.